The second-order valence-corrected chi connectivity index (χ2v) is 9.60. The smallest absolute Gasteiger partial charge is 0.330 e. The molecule has 2 rings (SSSR count). The van der Waals surface area contributed by atoms with Crippen molar-refractivity contribution in [1.29, 1.82) is 0 Å². The highest BCUT2D eigenvalue weighted by Crippen LogP contribution is 2.24. The molecule has 1 atom stereocenters. The normalized spacial score (nSPS) is 13.4. The van der Waals surface area contributed by atoms with Gasteiger partial charge >= 0.3 is 5.97 Å². The van der Waals surface area contributed by atoms with Crippen LogP contribution in [0.2, 0.25) is 0 Å². The third-order valence-corrected chi connectivity index (χ3v) is 5.92. The van der Waals surface area contributed by atoms with Gasteiger partial charge in [-0.2, -0.15) is 0 Å². The summed E-state index contributed by atoms with van der Waals surface area (Å²) in [4.78, 5) is 18.2. The Kier molecular flexibility index (Phi) is 6.78. The van der Waals surface area contributed by atoms with Crippen LogP contribution in [0.4, 0.5) is 0 Å². The summed E-state index contributed by atoms with van der Waals surface area (Å²) in [6.45, 7) is 7.26. The first-order valence-corrected chi connectivity index (χ1v) is 10.6. The molecule has 0 saturated carbocycles. The molecule has 27 heavy (non-hydrogen) atoms. The van der Waals surface area contributed by atoms with Crippen LogP contribution in [-0.2, 0) is 19.5 Å². The molecule has 0 aromatic heterocycles. The standard InChI is InChI=1S/C21H27NO4S/c1-17(18-11-7-5-8-12-18)22(26-20(23)21(2,3)4)15-16-27(24,25)19-13-9-6-10-14-19/h5-14,17H,15-16H2,1-4H3/t17-/m0/s1. The summed E-state index contributed by atoms with van der Waals surface area (Å²) in [5.74, 6) is -0.548. The molecule has 0 fully saturated rings. The number of sulfone groups is 1. The summed E-state index contributed by atoms with van der Waals surface area (Å²) in [6, 6.07) is 17.6. The highest BCUT2D eigenvalue weighted by Gasteiger charge is 2.29. The molecular formula is C21H27NO4S. The van der Waals surface area contributed by atoms with Gasteiger partial charge in [0, 0.05) is 6.54 Å². The second-order valence-electron chi connectivity index (χ2n) is 7.49. The quantitative estimate of drug-likeness (QED) is 0.669. The van der Waals surface area contributed by atoms with Crippen molar-refractivity contribution in [2.75, 3.05) is 12.3 Å². The Hall–Kier alpha value is -2.18. The SMILES string of the molecule is C[C@@H](c1ccccc1)N(CCS(=O)(=O)c1ccccc1)OC(=O)C(C)(C)C. The Morgan fingerprint density at radius 1 is 1.00 bits per heavy atom. The van der Waals surface area contributed by atoms with Crippen molar-refractivity contribution in [1.82, 2.24) is 5.06 Å². The van der Waals surface area contributed by atoms with Crippen LogP contribution < -0.4 is 0 Å². The predicted octanol–water partition coefficient (Wildman–Crippen LogP) is 4.03. The van der Waals surface area contributed by atoms with Gasteiger partial charge in [0.05, 0.1) is 22.1 Å². The van der Waals surface area contributed by atoms with E-state index in [1.54, 1.807) is 51.1 Å². The summed E-state index contributed by atoms with van der Waals surface area (Å²) in [5, 5.41) is 1.46. The first kappa shape index (κ1) is 21.1. The molecule has 0 aliphatic rings. The minimum Gasteiger partial charge on any atom is -0.367 e. The van der Waals surface area contributed by atoms with E-state index in [-0.39, 0.29) is 23.2 Å². The van der Waals surface area contributed by atoms with Crippen LogP contribution in [0.25, 0.3) is 0 Å². The predicted molar refractivity (Wildman–Crippen MR) is 106 cm³/mol. The Morgan fingerprint density at radius 3 is 2.04 bits per heavy atom. The maximum atomic E-state index is 12.6. The third-order valence-electron chi connectivity index (χ3n) is 4.21. The van der Waals surface area contributed by atoms with Crippen LogP contribution in [0.5, 0.6) is 0 Å². The van der Waals surface area contributed by atoms with Gasteiger partial charge in [0.25, 0.3) is 0 Å². The summed E-state index contributed by atoms with van der Waals surface area (Å²) in [5.41, 5.74) is 0.253. The fourth-order valence-corrected chi connectivity index (χ4v) is 3.64. The molecule has 0 aliphatic heterocycles. The van der Waals surface area contributed by atoms with Crippen molar-refractivity contribution < 1.29 is 18.0 Å². The molecule has 0 heterocycles. The molecule has 0 spiro atoms. The number of carbonyl (C=O) groups is 1. The molecule has 0 amide bonds. The van der Waals surface area contributed by atoms with Crippen LogP contribution in [0.15, 0.2) is 65.6 Å². The number of carbonyl (C=O) groups excluding carboxylic acids is 1. The Labute approximate surface area is 161 Å². The average Bonchev–Trinajstić information content (AvgIpc) is 2.65. The Bertz CT molecular complexity index is 843. The van der Waals surface area contributed by atoms with Crippen molar-refractivity contribution in [3.63, 3.8) is 0 Å². The zero-order valence-electron chi connectivity index (χ0n) is 16.3. The minimum atomic E-state index is -3.48. The lowest BCUT2D eigenvalue weighted by Gasteiger charge is -2.30. The van der Waals surface area contributed by atoms with Gasteiger partial charge in [-0.15, -0.1) is 5.06 Å². The number of hydrogen-bond donors (Lipinski definition) is 0. The summed E-state index contributed by atoms with van der Waals surface area (Å²) < 4.78 is 25.2. The topological polar surface area (TPSA) is 63.7 Å². The maximum absolute atomic E-state index is 12.6. The van der Waals surface area contributed by atoms with Crippen LogP contribution in [0, 0.1) is 5.41 Å². The van der Waals surface area contributed by atoms with E-state index in [0.29, 0.717) is 0 Å². The molecular weight excluding hydrogens is 362 g/mol. The van der Waals surface area contributed by atoms with E-state index < -0.39 is 21.2 Å². The lowest BCUT2D eigenvalue weighted by Crippen LogP contribution is -2.38. The summed E-state index contributed by atoms with van der Waals surface area (Å²) >= 11 is 0. The number of nitrogens with zero attached hydrogens (tertiary/aromatic N) is 1. The van der Waals surface area contributed by atoms with Gasteiger partial charge in [0.1, 0.15) is 0 Å². The van der Waals surface area contributed by atoms with Crippen molar-refractivity contribution in [3.05, 3.63) is 66.2 Å². The summed E-state index contributed by atoms with van der Waals surface area (Å²) in [7, 11) is -3.48. The zero-order valence-corrected chi connectivity index (χ0v) is 17.1. The molecule has 0 bridgehead atoms. The molecule has 146 valence electrons. The van der Waals surface area contributed by atoms with Gasteiger partial charge in [0.2, 0.25) is 0 Å². The minimum absolute atomic E-state index is 0.0785. The molecule has 2 aromatic rings. The molecule has 0 aliphatic carbocycles. The molecule has 0 N–H and O–H groups in total. The average molecular weight is 390 g/mol. The second kappa shape index (κ2) is 8.67. The first-order valence-electron chi connectivity index (χ1n) is 8.93. The van der Waals surface area contributed by atoms with E-state index in [1.165, 1.54) is 5.06 Å². The van der Waals surface area contributed by atoms with E-state index in [2.05, 4.69) is 0 Å². The van der Waals surface area contributed by atoms with E-state index in [0.717, 1.165) is 5.56 Å². The van der Waals surface area contributed by atoms with Gasteiger partial charge in [-0.25, -0.2) is 13.2 Å². The maximum Gasteiger partial charge on any atom is 0.330 e. The highest BCUT2D eigenvalue weighted by molar-refractivity contribution is 7.91. The van der Waals surface area contributed by atoms with E-state index in [9.17, 15) is 13.2 Å². The Balaban J connectivity index is 2.20. The van der Waals surface area contributed by atoms with E-state index in [4.69, 9.17) is 4.84 Å². The lowest BCUT2D eigenvalue weighted by molar-refractivity contribution is -0.209. The largest absolute Gasteiger partial charge is 0.367 e. The van der Waals surface area contributed by atoms with Crippen LogP contribution in [-0.4, -0.2) is 31.7 Å². The monoisotopic (exact) mass is 389 g/mol. The van der Waals surface area contributed by atoms with E-state index in [1.807, 2.05) is 37.3 Å². The molecule has 5 nitrogen and oxygen atoms in total. The van der Waals surface area contributed by atoms with Crippen LogP contribution in [0.3, 0.4) is 0 Å². The zero-order chi connectivity index (χ0) is 20.1. The van der Waals surface area contributed by atoms with Gasteiger partial charge in [-0.05, 0) is 45.4 Å². The lowest BCUT2D eigenvalue weighted by atomic mass is 9.98. The fourth-order valence-electron chi connectivity index (χ4n) is 2.42. The number of hydrogen-bond acceptors (Lipinski definition) is 5. The molecule has 0 radical (unpaired) electrons. The number of rotatable bonds is 7. The fraction of sp³-hybridized carbons (Fsp3) is 0.381. The number of benzene rings is 2. The van der Waals surface area contributed by atoms with Crippen molar-refractivity contribution >= 4 is 15.8 Å². The Morgan fingerprint density at radius 2 is 1.52 bits per heavy atom. The van der Waals surface area contributed by atoms with Crippen molar-refractivity contribution in [3.8, 4) is 0 Å². The van der Waals surface area contributed by atoms with Gasteiger partial charge < -0.3 is 4.84 Å². The van der Waals surface area contributed by atoms with Gasteiger partial charge in [-0.1, -0.05) is 48.5 Å². The first-order chi connectivity index (χ1) is 12.6. The van der Waals surface area contributed by atoms with E-state index >= 15 is 0 Å². The third kappa shape index (κ3) is 5.91. The van der Waals surface area contributed by atoms with Crippen molar-refractivity contribution in [2.45, 2.75) is 38.6 Å². The molecule has 0 saturated heterocycles. The van der Waals surface area contributed by atoms with Crippen LogP contribution >= 0.6 is 0 Å². The molecule has 6 heteroatoms. The van der Waals surface area contributed by atoms with Crippen LogP contribution in [0.1, 0.15) is 39.3 Å². The molecule has 2 aromatic carbocycles. The van der Waals surface area contributed by atoms with Gasteiger partial charge in [0.15, 0.2) is 9.84 Å². The van der Waals surface area contributed by atoms with Gasteiger partial charge in [-0.3, -0.25) is 0 Å². The highest BCUT2D eigenvalue weighted by atomic mass is 32.2. The summed E-state index contributed by atoms with van der Waals surface area (Å²) in [6.07, 6.45) is 0. The molecule has 0 unspecified atom stereocenters. The number of hydroxylamine groups is 2. The van der Waals surface area contributed by atoms with Crippen molar-refractivity contribution in [2.24, 2.45) is 5.41 Å².